The van der Waals surface area contributed by atoms with Crippen molar-refractivity contribution in [2.75, 3.05) is 13.2 Å². The predicted octanol–water partition coefficient (Wildman–Crippen LogP) is 1.81. The fourth-order valence-electron chi connectivity index (χ4n) is 3.96. The highest BCUT2D eigenvalue weighted by molar-refractivity contribution is 6.12. The van der Waals surface area contributed by atoms with Crippen LogP contribution in [0.5, 0.6) is 0 Å². The van der Waals surface area contributed by atoms with Crippen molar-refractivity contribution in [3.8, 4) is 0 Å². The number of hydrogen-bond donors (Lipinski definition) is 2. The summed E-state index contributed by atoms with van der Waals surface area (Å²) in [5.41, 5.74) is 3.23. The SMILES string of the molecule is O=C(Cc1ccccn1)C1(C(=O)NOC2CCCCO2)NCCc2ccccc21. The van der Waals surface area contributed by atoms with E-state index >= 15 is 0 Å². The summed E-state index contributed by atoms with van der Waals surface area (Å²) in [6.07, 6.45) is 4.60. The van der Waals surface area contributed by atoms with E-state index in [0.717, 1.165) is 24.8 Å². The van der Waals surface area contributed by atoms with Gasteiger partial charge >= 0.3 is 0 Å². The Balaban J connectivity index is 1.62. The van der Waals surface area contributed by atoms with Crippen LogP contribution in [0.15, 0.2) is 48.7 Å². The highest BCUT2D eigenvalue weighted by Crippen LogP contribution is 2.31. The number of hydroxylamine groups is 1. The van der Waals surface area contributed by atoms with Crippen LogP contribution in [-0.4, -0.2) is 36.1 Å². The molecule has 4 rings (SSSR count). The van der Waals surface area contributed by atoms with E-state index in [9.17, 15) is 9.59 Å². The van der Waals surface area contributed by atoms with Crippen LogP contribution in [0.2, 0.25) is 0 Å². The number of fused-ring (bicyclic) bond motifs is 1. The van der Waals surface area contributed by atoms with Crippen molar-refractivity contribution < 1.29 is 19.2 Å². The van der Waals surface area contributed by atoms with Crippen molar-refractivity contribution in [3.63, 3.8) is 0 Å². The van der Waals surface area contributed by atoms with Crippen LogP contribution in [0, 0.1) is 0 Å². The summed E-state index contributed by atoms with van der Waals surface area (Å²) < 4.78 is 5.52. The van der Waals surface area contributed by atoms with Crippen LogP contribution in [0.3, 0.4) is 0 Å². The Labute approximate surface area is 169 Å². The lowest BCUT2D eigenvalue weighted by atomic mass is 9.77. The molecule has 1 aromatic carbocycles. The highest BCUT2D eigenvalue weighted by Gasteiger charge is 2.50. The molecule has 0 spiro atoms. The zero-order valence-electron chi connectivity index (χ0n) is 16.2. The number of aromatic nitrogens is 1. The van der Waals surface area contributed by atoms with E-state index in [4.69, 9.17) is 9.57 Å². The smallest absolute Gasteiger partial charge is 0.276 e. The van der Waals surface area contributed by atoms with Crippen LogP contribution < -0.4 is 10.8 Å². The third-order valence-electron chi connectivity index (χ3n) is 5.45. The molecular weight excluding hydrogens is 370 g/mol. The number of hydrogen-bond acceptors (Lipinski definition) is 6. The van der Waals surface area contributed by atoms with Crippen molar-refractivity contribution in [1.29, 1.82) is 0 Å². The molecule has 7 heteroatoms. The van der Waals surface area contributed by atoms with Gasteiger partial charge in [-0.2, -0.15) is 0 Å². The Morgan fingerprint density at radius 1 is 1.21 bits per heavy atom. The fourth-order valence-corrected chi connectivity index (χ4v) is 3.96. The number of Topliss-reactive ketones (excluding diaryl/α,β-unsaturated/α-hetero) is 1. The van der Waals surface area contributed by atoms with Crippen LogP contribution in [0.25, 0.3) is 0 Å². The molecule has 2 aliphatic rings. The van der Waals surface area contributed by atoms with Gasteiger partial charge in [0.2, 0.25) is 0 Å². The van der Waals surface area contributed by atoms with E-state index in [1.165, 1.54) is 0 Å². The van der Waals surface area contributed by atoms with Gasteiger partial charge in [-0.1, -0.05) is 30.3 Å². The first kappa shape index (κ1) is 19.7. The van der Waals surface area contributed by atoms with Crippen molar-refractivity contribution in [1.82, 2.24) is 15.8 Å². The van der Waals surface area contributed by atoms with Crippen LogP contribution in [0.1, 0.15) is 36.1 Å². The zero-order chi connectivity index (χ0) is 20.1. The van der Waals surface area contributed by atoms with Gasteiger partial charge in [-0.3, -0.25) is 19.9 Å². The van der Waals surface area contributed by atoms with Gasteiger partial charge in [-0.25, -0.2) is 10.3 Å². The van der Waals surface area contributed by atoms with Crippen molar-refractivity contribution in [2.45, 2.75) is 43.9 Å². The van der Waals surface area contributed by atoms with E-state index in [0.29, 0.717) is 30.8 Å². The molecular formula is C22H25N3O4. The molecule has 7 nitrogen and oxygen atoms in total. The maximum absolute atomic E-state index is 13.5. The molecule has 0 bridgehead atoms. The Morgan fingerprint density at radius 3 is 2.86 bits per heavy atom. The normalized spacial score (nSPS) is 23.8. The number of pyridine rings is 1. The van der Waals surface area contributed by atoms with Gasteiger partial charge < -0.3 is 4.74 Å². The summed E-state index contributed by atoms with van der Waals surface area (Å²) in [5, 5.41) is 3.19. The van der Waals surface area contributed by atoms with Gasteiger partial charge in [-0.05, 0) is 42.5 Å². The molecule has 0 aliphatic carbocycles. The molecule has 152 valence electrons. The topological polar surface area (TPSA) is 89.6 Å². The first-order valence-corrected chi connectivity index (χ1v) is 10.0. The minimum atomic E-state index is -1.53. The first-order valence-electron chi connectivity index (χ1n) is 10.0. The van der Waals surface area contributed by atoms with Gasteiger partial charge in [-0.15, -0.1) is 0 Å². The second kappa shape index (κ2) is 8.82. The Kier molecular flexibility index (Phi) is 5.99. The van der Waals surface area contributed by atoms with Gasteiger partial charge in [0.1, 0.15) is 0 Å². The lowest BCUT2D eigenvalue weighted by Crippen LogP contribution is -2.62. The molecule has 2 N–H and O–H groups in total. The van der Waals surface area contributed by atoms with Crippen molar-refractivity contribution in [3.05, 3.63) is 65.5 Å². The summed E-state index contributed by atoms with van der Waals surface area (Å²) in [6.45, 7) is 1.11. The number of nitrogens with one attached hydrogen (secondary N) is 2. The summed E-state index contributed by atoms with van der Waals surface area (Å²) in [6, 6.07) is 12.9. The first-order chi connectivity index (χ1) is 14.2. The molecule has 3 heterocycles. The molecule has 1 fully saturated rings. The molecule has 2 atom stereocenters. The lowest BCUT2D eigenvalue weighted by molar-refractivity contribution is -0.203. The fraction of sp³-hybridized carbons (Fsp3) is 0.409. The summed E-state index contributed by atoms with van der Waals surface area (Å²) in [5.74, 6) is -0.797. The third-order valence-corrected chi connectivity index (χ3v) is 5.45. The van der Waals surface area contributed by atoms with Gasteiger partial charge in [0.15, 0.2) is 17.6 Å². The average Bonchev–Trinajstić information content (AvgIpc) is 2.78. The number of ether oxygens (including phenoxy) is 1. The Hall–Kier alpha value is -2.61. The standard InChI is InChI=1S/C22H25N3O4/c26-19(15-17-8-3-5-12-23-17)22(18-9-2-1-7-16(18)11-13-24-22)21(27)25-29-20-10-4-6-14-28-20/h1-3,5,7-9,12,20,24H,4,6,10-11,13-15H2,(H,25,27). The Morgan fingerprint density at radius 2 is 2.07 bits per heavy atom. The van der Waals surface area contributed by atoms with Gasteiger partial charge in [0, 0.05) is 31.5 Å². The minimum absolute atomic E-state index is 0.0372. The van der Waals surface area contributed by atoms with E-state index in [2.05, 4.69) is 15.8 Å². The maximum Gasteiger partial charge on any atom is 0.276 e. The molecule has 2 aliphatic heterocycles. The van der Waals surface area contributed by atoms with Gasteiger partial charge in [0.05, 0.1) is 6.42 Å². The predicted molar refractivity (Wildman–Crippen MR) is 106 cm³/mol. The number of benzene rings is 1. The van der Waals surface area contributed by atoms with Gasteiger partial charge in [0.25, 0.3) is 5.91 Å². The number of ketones is 1. The molecule has 1 amide bonds. The summed E-state index contributed by atoms with van der Waals surface area (Å²) in [4.78, 5) is 36.6. The summed E-state index contributed by atoms with van der Waals surface area (Å²) >= 11 is 0. The summed E-state index contributed by atoms with van der Waals surface area (Å²) in [7, 11) is 0. The number of carbonyl (C=O) groups excluding carboxylic acids is 2. The van der Waals surface area contributed by atoms with E-state index in [1.54, 1.807) is 18.3 Å². The molecule has 1 saturated heterocycles. The largest absolute Gasteiger partial charge is 0.350 e. The molecule has 1 aromatic heterocycles. The minimum Gasteiger partial charge on any atom is -0.350 e. The number of nitrogens with zero attached hydrogens (tertiary/aromatic N) is 1. The second-order valence-electron chi connectivity index (χ2n) is 7.35. The molecule has 2 unspecified atom stereocenters. The number of amides is 1. The highest BCUT2D eigenvalue weighted by atomic mass is 16.8. The average molecular weight is 395 g/mol. The molecule has 2 aromatic rings. The molecule has 0 radical (unpaired) electrons. The lowest BCUT2D eigenvalue weighted by Gasteiger charge is -2.37. The molecule has 0 saturated carbocycles. The number of carbonyl (C=O) groups is 2. The quantitative estimate of drug-likeness (QED) is 0.573. The van der Waals surface area contributed by atoms with Crippen molar-refractivity contribution >= 4 is 11.7 Å². The second-order valence-corrected chi connectivity index (χ2v) is 7.35. The monoisotopic (exact) mass is 395 g/mol. The maximum atomic E-state index is 13.5. The Bertz CT molecular complexity index is 867. The van der Waals surface area contributed by atoms with E-state index in [-0.39, 0.29) is 12.2 Å². The van der Waals surface area contributed by atoms with Crippen LogP contribution in [0.4, 0.5) is 0 Å². The number of rotatable bonds is 6. The molecule has 29 heavy (non-hydrogen) atoms. The van der Waals surface area contributed by atoms with Crippen LogP contribution >= 0.6 is 0 Å². The third kappa shape index (κ3) is 4.07. The van der Waals surface area contributed by atoms with E-state index < -0.39 is 17.7 Å². The zero-order valence-corrected chi connectivity index (χ0v) is 16.2. The van der Waals surface area contributed by atoms with Crippen molar-refractivity contribution in [2.24, 2.45) is 0 Å². The van der Waals surface area contributed by atoms with Crippen LogP contribution in [-0.2, 0) is 37.5 Å². The van der Waals surface area contributed by atoms with E-state index in [1.807, 2.05) is 30.3 Å².